The molecule has 3 rings (SSSR count). The monoisotopic (exact) mass is 378 g/mol. The second-order valence-electron chi connectivity index (χ2n) is 5.26. The maximum atomic E-state index is 12.4. The van der Waals surface area contributed by atoms with Crippen LogP contribution in [0.4, 0.5) is 14.5 Å². The molecule has 0 spiro atoms. The standard InChI is InChI=1S/C17H13ClF2N4O2/c1-10-12(6-4-8-15(10)26-17(19)20)21-16(25)13-9-24(23-22-13)14-7-3-2-5-11(14)18/h2-9,17H,1H3,(H,21,25). The molecule has 2 aromatic carbocycles. The van der Waals surface area contributed by atoms with Gasteiger partial charge in [-0.15, -0.1) is 5.10 Å². The topological polar surface area (TPSA) is 69.0 Å². The van der Waals surface area contributed by atoms with Crippen LogP contribution in [0.25, 0.3) is 5.69 Å². The molecule has 1 amide bonds. The number of rotatable bonds is 5. The summed E-state index contributed by atoms with van der Waals surface area (Å²) >= 11 is 6.09. The van der Waals surface area contributed by atoms with Gasteiger partial charge in [0, 0.05) is 11.3 Å². The third kappa shape index (κ3) is 3.80. The molecule has 26 heavy (non-hydrogen) atoms. The smallest absolute Gasteiger partial charge is 0.387 e. The predicted octanol–water partition coefficient (Wildman–Crippen LogP) is 4.08. The minimum absolute atomic E-state index is 0.0162. The first-order valence-electron chi connectivity index (χ1n) is 7.48. The third-order valence-corrected chi connectivity index (χ3v) is 3.89. The van der Waals surface area contributed by atoms with Gasteiger partial charge in [-0.3, -0.25) is 4.79 Å². The molecule has 134 valence electrons. The maximum absolute atomic E-state index is 12.4. The molecule has 0 aliphatic carbocycles. The number of amides is 1. The number of hydrogen-bond acceptors (Lipinski definition) is 4. The molecule has 0 radical (unpaired) electrons. The fourth-order valence-corrected chi connectivity index (χ4v) is 2.51. The van der Waals surface area contributed by atoms with E-state index in [1.165, 1.54) is 23.0 Å². The Labute approximate surface area is 152 Å². The number of nitrogens with zero attached hydrogens (tertiary/aromatic N) is 3. The van der Waals surface area contributed by atoms with Crippen molar-refractivity contribution in [1.29, 1.82) is 0 Å². The summed E-state index contributed by atoms with van der Waals surface area (Å²) in [5.41, 5.74) is 1.33. The number of anilines is 1. The van der Waals surface area contributed by atoms with E-state index in [0.717, 1.165) is 0 Å². The van der Waals surface area contributed by atoms with Crippen LogP contribution in [0.2, 0.25) is 5.02 Å². The summed E-state index contributed by atoms with van der Waals surface area (Å²) in [5.74, 6) is -0.557. The molecular weight excluding hydrogens is 366 g/mol. The van der Waals surface area contributed by atoms with E-state index in [1.807, 2.05) is 0 Å². The van der Waals surface area contributed by atoms with E-state index in [0.29, 0.717) is 22.0 Å². The fraction of sp³-hybridized carbons (Fsp3) is 0.118. The van der Waals surface area contributed by atoms with Gasteiger partial charge in [0.25, 0.3) is 5.91 Å². The van der Waals surface area contributed by atoms with Crippen molar-refractivity contribution in [1.82, 2.24) is 15.0 Å². The van der Waals surface area contributed by atoms with Gasteiger partial charge in [-0.2, -0.15) is 8.78 Å². The van der Waals surface area contributed by atoms with Crippen molar-refractivity contribution in [2.24, 2.45) is 0 Å². The van der Waals surface area contributed by atoms with Crippen LogP contribution in [-0.2, 0) is 0 Å². The third-order valence-electron chi connectivity index (χ3n) is 3.57. The van der Waals surface area contributed by atoms with Crippen molar-refractivity contribution in [3.63, 3.8) is 0 Å². The average Bonchev–Trinajstić information content (AvgIpc) is 3.08. The summed E-state index contributed by atoms with van der Waals surface area (Å²) in [6, 6.07) is 11.4. The first kappa shape index (κ1) is 17.8. The molecular formula is C17H13ClF2N4O2. The minimum Gasteiger partial charge on any atom is -0.434 e. The van der Waals surface area contributed by atoms with Gasteiger partial charge in [0.1, 0.15) is 5.75 Å². The van der Waals surface area contributed by atoms with Gasteiger partial charge in [-0.05, 0) is 31.2 Å². The normalized spacial score (nSPS) is 10.8. The fourth-order valence-electron chi connectivity index (χ4n) is 2.28. The first-order valence-corrected chi connectivity index (χ1v) is 7.86. The Balaban J connectivity index is 1.81. The number of alkyl halides is 2. The number of nitrogens with one attached hydrogen (secondary N) is 1. The Bertz CT molecular complexity index is 946. The van der Waals surface area contributed by atoms with Crippen LogP contribution in [0.3, 0.4) is 0 Å². The van der Waals surface area contributed by atoms with Crippen molar-refractivity contribution in [2.75, 3.05) is 5.32 Å². The quantitative estimate of drug-likeness (QED) is 0.726. The van der Waals surface area contributed by atoms with Gasteiger partial charge in [0.15, 0.2) is 5.69 Å². The molecule has 0 unspecified atom stereocenters. The van der Waals surface area contributed by atoms with Gasteiger partial charge < -0.3 is 10.1 Å². The summed E-state index contributed by atoms with van der Waals surface area (Å²) < 4.78 is 30.6. The molecule has 3 aromatic rings. The van der Waals surface area contributed by atoms with Crippen molar-refractivity contribution in [2.45, 2.75) is 13.5 Å². The molecule has 0 fully saturated rings. The van der Waals surface area contributed by atoms with Crippen LogP contribution >= 0.6 is 11.6 Å². The number of benzene rings is 2. The van der Waals surface area contributed by atoms with Gasteiger partial charge >= 0.3 is 6.61 Å². The van der Waals surface area contributed by atoms with Crippen molar-refractivity contribution in [3.05, 3.63) is 64.9 Å². The van der Waals surface area contributed by atoms with Crippen molar-refractivity contribution >= 4 is 23.2 Å². The summed E-state index contributed by atoms with van der Waals surface area (Å²) in [4.78, 5) is 12.4. The Morgan fingerprint density at radius 3 is 2.73 bits per heavy atom. The number of ether oxygens (including phenoxy) is 1. The highest BCUT2D eigenvalue weighted by atomic mass is 35.5. The molecule has 0 atom stereocenters. The Hall–Kier alpha value is -3.00. The van der Waals surface area contributed by atoms with Crippen LogP contribution in [0.5, 0.6) is 5.75 Å². The lowest BCUT2D eigenvalue weighted by Gasteiger charge is -2.12. The van der Waals surface area contributed by atoms with Crippen LogP contribution in [0.1, 0.15) is 16.1 Å². The summed E-state index contributed by atoms with van der Waals surface area (Å²) in [6.07, 6.45) is 1.42. The van der Waals surface area contributed by atoms with Gasteiger partial charge in [0.2, 0.25) is 0 Å². The first-order chi connectivity index (χ1) is 12.5. The van der Waals surface area contributed by atoms with E-state index < -0.39 is 12.5 Å². The SMILES string of the molecule is Cc1c(NC(=O)c2cn(-c3ccccc3Cl)nn2)cccc1OC(F)F. The minimum atomic E-state index is -2.95. The van der Waals surface area contributed by atoms with E-state index in [4.69, 9.17) is 11.6 Å². The largest absolute Gasteiger partial charge is 0.434 e. The second-order valence-corrected chi connectivity index (χ2v) is 5.67. The number of halogens is 3. The molecule has 1 heterocycles. The van der Waals surface area contributed by atoms with Crippen LogP contribution in [0, 0.1) is 6.92 Å². The van der Waals surface area contributed by atoms with E-state index in [2.05, 4.69) is 20.4 Å². The molecule has 0 saturated heterocycles. The highest BCUT2D eigenvalue weighted by Gasteiger charge is 2.16. The maximum Gasteiger partial charge on any atom is 0.387 e. The van der Waals surface area contributed by atoms with Crippen LogP contribution in [0.15, 0.2) is 48.7 Å². The van der Waals surface area contributed by atoms with Crippen LogP contribution in [-0.4, -0.2) is 27.5 Å². The molecule has 9 heteroatoms. The lowest BCUT2D eigenvalue weighted by atomic mass is 10.1. The molecule has 1 aromatic heterocycles. The zero-order chi connectivity index (χ0) is 18.7. The van der Waals surface area contributed by atoms with E-state index in [1.54, 1.807) is 37.3 Å². The summed E-state index contributed by atoms with van der Waals surface area (Å²) in [7, 11) is 0. The lowest BCUT2D eigenvalue weighted by molar-refractivity contribution is -0.0502. The Morgan fingerprint density at radius 2 is 2.00 bits per heavy atom. The predicted molar refractivity (Wildman–Crippen MR) is 92.1 cm³/mol. The summed E-state index contributed by atoms with van der Waals surface area (Å²) in [6.45, 7) is -1.39. The Morgan fingerprint density at radius 1 is 1.23 bits per heavy atom. The average molecular weight is 379 g/mol. The second kappa shape index (κ2) is 7.49. The van der Waals surface area contributed by atoms with E-state index in [9.17, 15) is 13.6 Å². The number of aromatic nitrogens is 3. The lowest BCUT2D eigenvalue weighted by Crippen LogP contribution is -2.14. The van der Waals surface area contributed by atoms with E-state index in [-0.39, 0.29) is 11.4 Å². The molecule has 6 nitrogen and oxygen atoms in total. The molecule has 1 N–H and O–H groups in total. The van der Waals surface area contributed by atoms with Crippen LogP contribution < -0.4 is 10.1 Å². The number of carbonyl (C=O) groups is 1. The number of hydrogen-bond donors (Lipinski definition) is 1. The van der Waals surface area contributed by atoms with Gasteiger partial charge in [-0.1, -0.05) is 35.0 Å². The van der Waals surface area contributed by atoms with Gasteiger partial charge in [-0.25, -0.2) is 4.68 Å². The highest BCUT2D eigenvalue weighted by Crippen LogP contribution is 2.27. The van der Waals surface area contributed by atoms with Gasteiger partial charge in [0.05, 0.1) is 16.9 Å². The molecule has 0 aliphatic heterocycles. The van der Waals surface area contributed by atoms with Crippen molar-refractivity contribution in [3.8, 4) is 11.4 Å². The summed E-state index contributed by atoms with van der Waals surface area (Å²) in [5, 5.41) is 10.8. The molecule has 0 bridgehead atoms. The van der Waals surface area contributed by atoms with E-state index >= 15 is 0 Å². The number of carbonyl (C=O) groups excluding carboxylic acids is 1. The molecule has 0 saturated carbocycles. The zero-order valence-electron chi connectivity index (χ0n) is 13.5. The highest BCUT2D eigenvalue weighted by molar-refractivity contribution is 6.32. The molecule has 0 aliphatic rings. The van der Waals surface area contributed by atoms with Crippen molar-refractivity contribution < 1.29 is 18.3 Å². The zero-order valence-corrected chi connectivity index (χ0v) is 14.2. The Kier molecular flexibility index (Phi) is 5.13. The number of para-hydroxylation sites is 1.